The highest BCUT2D eigenvalue weighted by Crippen LogP contribution is 2.20. The van der Waals surface area contributed by atoms with E-state index in [1.807, 2.05) is 0 Å². The summed E-state index contributed by atoms with van der Waals surface area (Å²) in [4.78, 5) is 37.3. The van der Waals surface area contributed by atoms with Crippen LogP contribution in [-0.2, 0) is 4.79 Å². The number of amides is 1. The molecule has 90 valence electrons. The van der Waals surface area contributed by atoms with Gasteiger partial charge in [-0.25, -0.2) is 0 Å². The topological polar surface area (TPSA) is 90.5 Å². The Morgan fingerprint density at radius 2 is 2.18 bits per heavy atom. The first-order valence-corrected chi connectivity index (χ1v) is 5.26. The van der Waals surface area contributed by atoms with Crippen molar-refractivity contribution in [3.8, 4) is 0 Å². The zero-order valence-corrected chi connectivity index (χ0v) is 9.05. The molecule has 0 radical (unpaired) electrons. The number of H-pyrrole nitrogens is 1. The van der Waals surface area contributed by atoms with Crippen molar-refractivity contribution in [2.75, 3.05) is 13.1 Å². The van der Waals surface area contributed by atoms with E-state index in [1.165, 1.54) is 18.3 Å². The number of pyridine rings is 1. The fraction of sp³-hybridized carbons (Fsp3) is 0.364. The number of carboxylic acid groups (broad SMARTS) is 1. The van der Waals surface area contributed by atoms with Crippen molar-refractivity contribution < 1.29 is 14.7 Å². The van der Waals surface area contributed by atoms with E-state index in [2.05, 4.69) is 4.98 Å². The fourth-order valence-corrected chi connectivity index (χ4v) is 1.87. The van der Waals surface area contributed by atoms with Gasteiger partial charge in [-0.05, 0) is 6.07 Å². The number of hydrogen-bond donors (Lipinski definition) is 2. The van der Waals surface area contributed by atoms with Gasteiger partial charge in [0.05, 0.1) is 6.42 Å². The van der Waals surface area contributed by atoms with Crippen molar-refractivity contribution in [2.45, 2.75) is 6.42 Å². The Bertz CT molecular complexity index is 502. The molecule has 0 saturated carbocycles. The van der Waals surface area contributed by atoms with Crippen LogP contribution in [0.1, 0.15) is 16.8 Å². The summed E-state index contributed by atoms with van der Waals surface area (Å²) < 4.78 is 0. The number of aliphatic carboxylic acids is 1. The van der Waals surface area contributed by atoms with Crippen LogP contribution in [0.2, 0.25) is 0 Å². The minimum absolute atomic E-state index is 0.0263. The predicted molar refractivity (Wildman–Crippen MR) is 58.7 cm³/mol. The summed E-state index contributed by atoms with van der Waals surface area (Å²) in [5.74, 6) is -1.05. The van der Waals surface area contributed by atoms with Crippen molar-refractivity contribution in [3.63, 3.8) is 0 Å². The molecule has 0 aromatic carbocycles. The number of carboxylic acids is 1. The molecule has 0 atom stereocenters. The van der Waals surface area contributed by atoms with Gasteiger partial charge in [-0.1, -0.05) is 0 Å². The van der Waals surface area contributed by atoms with Crippen LogP contribution in [0.25, 0.3) is 0 Å². The van der Waals surface area contributed by atoms with E-state index in [0.29, 0.717) is 18.7 Å². The lowest BCUT2D eigenvalue weighted by atomic mass is 9.95. The highest BCUT2D eigenvalue weighted by molar-refractivity contribution is 5.94. The molecule has 0 unspecified atom stereocenters. The van der Waals surface area contributed by atoms with Crippen LogP contribution in [0, 0.1) is 5.92 Å². The minimum Gasteiger partial charge on any atom is -0.481 e. The summed E-state index contributed by atoms with van der Waals surface area (Å²) in [5, 5.41) is 8.58. The van der Waals surface area contributed by atoms with Gasteiger partial charge in [-0.2, -0.15) is 0 Å². The first-order chi connectivity index (χ1) is 8.06. The average Bonchev–Trinajstić information content (AvgIpc) is 2.21. The van der Waals surface area contributed by atoms with Crippen molar-refractivity contribution >= 4 is 11.9 Å². The van der Waals surface area contributed by atoms with Gasteiger partial charge >= 0.3 is 5.97 Å². The summed E-state index contributed by atoms with van der Waals surface area (Å²) in [5.41, 5.74) is 0.0148. The number of aromatic amines is 1. The number of carbonyl (C=O) groups is 2. The zero-order chi connectivity index (χ0) is 12.4. The van der Waals surface area contributed by atoms with Crippen molar-refractivity contribution in [1.82, 2.24) is 9.88 Å². The molecule has 1 amide bonds. The van der Waals surface area contributed by atoms with E-state index in [4.69, 9.17) is 5.11 Å². The summed E-state index contributed by atoms with van der Waals surface area (Å²) >= 11 is 0. The van der Waals surface area contributed by atoms with Crippen LogP contribution < -0.4 is 5.56 Å². The van der Waals surface area contributed by atoms with Gasteiger partial charge in [0.25, 0.3) is 5.91 Å². The summed E-state index contributed by atoms with van der Waals surface area (Å²) in [6, 6.07) is 2.78. The first kappa shape index (κ1) is 11.4. The largest absolute Gasteiger partial charge is 0.481 e. The maximum Gasteiger partial charge on any atom is 0.303 e. The zero-order valence-electron chi connectivity index (χ0n) is 9.05. The van der Waals surface area contributed by atoms with E-state index < -0.39 is 5.97 Å². The molecule has 1 saturated heterocycles. The molecule has 6 nitrogen and oxygen atoms in total. The molecule has 0 spiro atoms. The monoisotopic (exact) mass is 236 g/mol. The standard InChI is InChI=1S/C11H12N2O4/c14-9-4-8(1-2-12-9)11(17)13-5-7(6-13)3-10(15)16/h1-2,4,7H,3,5-6H2,(H,12,14)(H,15,16). The van der Waals surface area contributed by atoms with Crippen LogP contribution in [0.3, 0.4) is 0 Å². The number of nitrogens with zero attached hydrogens (tertiary/aromatic N) is 1. The van der Waals surface area contributed by atoms with Crippen LogP contribution in [0.5, 0.6) is 0 Å². The van der Waals surface area contributed by atoms with Gasteiger partial charge in [-0.15, -0.1) is 0 Å². The van der Waals surface area contributed by atoms with Gasteiger partial charge in [0.1, 0.15) is 0 Å². The second-order valence-electron chi connectivity index (χ2n) is 4.12. The second-order valence-corrected chi connectivity index (χ2v) is 4.12. The second kappa shape index (κ2) is 4.40. The molecule has 0 bridgehead atoms. The lowest BCUT2D eigenvalue weighted by Gasteiger charge is -2.38. The molecule has 2 N–H and O–H groups in total. The van der Waals surface area contributed by atoms with E-state index in [9.17, 15) is 14.4 Å². The smallest absolute Gasteiger partial charge is 0.303 e. The average molecular weight is 236 g/mol. The SMILES string of the molecule is O=C(O)CC1CN(C(=O)c2cc[nH]c(=O)c2)C1. The third-order valence-corrected chi connectivity index (χ3v) is 2.73. The molecular formula is C11H12N2O4. The van der Waals surface area contributed by atoms with Crippen molar-refractivity contribution in [2.24, 2.45) is 5.92 Å². The normalized spacial score (nSPS) is 15.4. The fourth-order valence-electron chi connectivity index (χ4n) is 1.87. The minimum atomic E-state index is -0.849. The van der Waals surface area contributed by atoms with Gasteiger partial charge in [0.2, 0.25) is 5.56 Å². The summed E-state index contributed by atoms with van der Waals surface area (Å²) in [6.45, 7) is 0.885. The van der Waals surface area contributed by atoms with Crippen LogP contribution in [0.15, 0.2) is 23.1 Å². The van der Waals surface area contributed by atoms with Crippen LogP contribution in [0.4, 0.5) is 0 Å². The summed E-state index contributed by atoms with van der Waals surface area (Å²) in [7, 11) is 0. The van der Waals surface area contributed by atoms with E-state index in [0.717, 1.165) is 0 Å². The number of rotatable bonds is 3. The lowest BCUT2D eigenvalue weighted by Crippen LogP contribution is -2.50. The molecule has 1 aliphatic heterocycles. The molecular weight excluding hydrogens is 224 g/mol. The Kier molecular flexibility index (Phi) is 2.95. The quantitative estimate of drug-likeness (QED) is 0.768. The molecule has 1 aromatic rings. The molecule has 17 heavy (non-hydrogen) atoms. The van der Waals surface area contributed by atoms with Crippen molar-refractivity contribution in [3.05, 3.63) is 34.2 Å². The van der Waals surface area contributed by atoms with Gasteiger partial charge in [0.15, 0.2) is 0 Å². The Morgan fingerprint density at radius 3 is 2.76 bits per heavy atom. The summed E-state index contributed by atoms with van der Waals surface area (Å²) in [6.07, 6.45) is 1.50. The maximum atomic E-state index is 11.8. The molecule has 1 aliphatic rings. The Morgan fingerprint density at radius 1 is 1.47 bits per heavy atom. The molecule has 2 heterocycles. The molecule has 6 heteroatoms. The van der Waals surface area contributed by atoms with Crippen LogP contribution >= 0.6 is 0 Å². The highest BCUT2D eigenvalue weighted by Gasteiger charge is 2.32. The number of hydrogen-bond acceptors (Lipinski definition) is 3. The third-order valence-electron chi connectivity index (χ3n) is 2.73. The van der Waals surface area contributed by atoms with Gasteiger partial charge < -0.3 is 15.0 Å². The van der Waals surface area contributed by atoms with Crippen molar-refractivity contribution in [1.29, 1.82) is 0 Å². The maximum absolute atomic E-state index is 11.8. The number of aromatic nitrogens is 1. The lowest BCUT2D eigenvalue weighted by molar-refractivity contribution is -0.139. The van der Waals surface area contributed by atoms with Gasteiger partial charge in [-0.3, -0.25) is 14.4 Å². The van der Waals surface area contributed by atoms with E-state index in [-0.39, 0.29) is 23.8 Å². The highest BCUT2D eigenvalue weighted by atomic mass is 16.4. The molecule has 2 rings (SSSR count). The first-order valence-electron chi connectivity index (χ1n) is 5.26. The van der Waals surface area contributed by atoms with E-state index >= 15 is 0 Å². The van der Waals surface area contributed by atoms with Crippen LogP contribution in [-0.4, -0.2) is 40.0 Å². The Labute approximate surface area is 96.9 Å². The Hall–Kier alpha value is -2.11. The third kappa shape index (κ3) is 2.52. The number of likely N-dealkylation sites (tertiary alicyclic amines) is 1. The molecule has 1 aromatic heterocycles. The predicted octanol–water partition coefficient (Wildman–Crippen LogP) is -0.0784. The molecule has 0 aliphatic carbocycles. The number of nitrogens with one attached hydrogen (secondary N) is 1. The van der Waals surface area contributed by atoms with E-state index in [1.54, 1.807) is 4.90 Å². The Balaban J connectivity index is 1.96. The van der Waals surface area contributed by atoms with Gasteiger partial charge in [0, 0.05) is 36.8 Å². The number of carbonyl (C=O) groups excluding carboxylic acids is 1. The molecule has 1 fully saturated rings.